The number of rotatable bonds is 1. The summed E-state index contributed by atoms with van der Waals surface area (Å²) in [5.74, 6) is 0. The number of carbonyl (C=O) groups excluding carboxylic acids is 1. The Morgan fingerprint density at radius 1 is 1.42 bits per heavy atom. The maximum atomic E-state index is 10.5. The molecular weight excluding hydrogens is 150 g/mol. The summed E-state index contributed by atoms with van der Waals surface area (Å²) in [6.45, 7) is 0.872. The first-order valence-corrected chi connectivity index (χ1v) is 4.10. The molecule has 1 radical (unpaired) electrons. The minimum absolute atomic E-state index is 0.213. The molecule has 1 atom stereocenters. The van der Waals surface area contributed by atoms with Crippen molar-refractivity contribution in [2.45, 2.75) is 12.5 Å². The first-order chi connectivity index (χ1) is 5.92. The van der Waals surface area contributed by atoms with Gasteiger partial charge in [0, 0.05) is 6.54 Å². The SMILES string of the molecule is O=[C]C1NCCc2ccccc21. The molecule has 1 aromatic carbocycles. The summed E-state index contributed by atoms with van der Waals surface area (Å²) in [6.07, 6.45) is 3.01. The van der Waals surface area contributed by atoms with E-state index in [1.54, 1.807) is 0 Å². The summed E-state index contributed by atoms with van der Waals surface area (Å²) < 4.78 is 0. The Kier molecular flexibility index (Phi) is 1.92. The Morgan fingerprint density at radius 3 is 3.08 bits per heavy atom. The van der Waals surface area contributed by atoms with Crippen LogP contribution in [0.1, 0.15) is 17.2 Å². The Balaban J connectivity index is 2.43. The summed E-state index contributed by atoms with van der Waals surface area (Å²) in [5, 5.41) is 3.10. The lowest BCUT2D eigenvalue weighted by molar-refractivity contribution is 0.511. The van der Waals surface area contributed by atoms with Crippen molar-refractivity contribution < 1.29 is 4.79 Å². The van der Waals surface area contributed by atoms with Gasteiger partial charge in [-0.05, 0) is 17.5 Å². The van der Waals surface area contributed by atoms with Crippen LogP contribution in [0.15, 0.2) is 24.3 Å². The molecule has 0 spiro atoms. The van der Waals surface area contributed by atoms with Crippen molar-refractivity contribution in [2.75, 3.05) is 6.54 Å². The predicted octanol–water partition coefficient (Wildman–Crippen LogP) is 0.983. The lowest BCUT2D eigenvalue weighted by atomic mass is 9.95. The van der Waals surface area contributed by atoms with E-state index in [1.807, 2.05) is 24.5 Å². The zero-order valence-corrected chi connectivity index (χ0v) is 6.71. The van der Waals surface area contributed by atoms with Gasteiger partial charge in [-0.25, -0.2) is 0 Å². The third-order valence-corrected chi connectivity index (χ3v) is 2.23. The predicted molar refractivity (Wildman–Crippen MR) is 46.6 cm³/mol. The fourth-order valence-corrected chi connectivity index (χ4v) is 1.61. The van der Waals surface area contributed by atoms with E-state index >= 15 is 0 Å². The van der Waals surface area contributed by atoms with Crippen LogP contribution >= 0.6 is 0 Å². The second-order valence-electron chi connectivity index (χ2n) is 2.95. The molecule has 0 saturated heterocycles. The highest BCUT2D eigenvalue weighted by molar-refractivity contribution is 5.64. The molecule has 0 saturated carbocycles. The van der Waals surface area contributed by atoms with Gasteiger partial charge in [0.1, 0.15) is 0 Å². The first kappa shape index (κ1) is 7.50. The molecular formula is C10H10NO. The molecule has 1 aliphatic heterocycles. The van der Waals surface area contributed by atoms with Crippen LogP contribution in [0.25, 0.3) is 0 Å². The van der Waals surface area contributed by atoms with Crippen LogP contribution in [0.3, 0.4) is 0 Å². The van der Waals surface area contributed by atoms with Crippen LogP contribution in [0.4, 0.5) is 0 Å². The molecule has 2 heteroatoms. The van der Waals surface area contributed by atoms with Crippen LogP contribution in [-0.4, -0.2) is 12.8 Å². The van der Waals surface area contributed by atoms with Crippen LogP contribution in [-0.2, 0) is 11.2 Å². The van der Waals surface area contributed by atoms with Gasteiger partial charge >= 0.3 is 0 Å². The average molecular weight is 160 g/mol. The molecule has 12 heavy (non-hydrogen) atoms. The van der Waals surface area contributed by atoms with Gasteiger partial charge in [0.05, 0.1) is 6.04 Å². The van der Waals surface area contributed by atoms with E-state index in [9.17, 15) is 4.79 Å². The van der Waals surface area contributed by atoms with Gasteiger partial charge in [-0.3, -0.25) is 4.79 Å². The van der Waals surface area contributed by atoms with Crippen molar-refractivity contribution in [3.63, 3.8) is 0 Å². The second-order valence-corrected chi connectivity index (χ2v) is 2.95. The Morgan fingerprint density at radius 2 is 2.25 bits per heavy atom. The number of hydrogen-bond acceptors (Lipinski definition) is 2. The molecule has 0 amide bonds. The van der Waals surface area contributed by atoms with Crippen LogP contribution in [0, 0.1) is 0 Å². The highest BCUT2D eigenvalue weighted by atomic mass is 16.1. The Hall–Kier alpha value is -1.15. The van der Waals surface area contributed by atoms with E-state index in [2.05, 4.69) is 11.4 Å². The number of fused-ring (bicyclic) bond motifs is 1. The van der Waals surface area contributed by atoms with E-state index in [0.29, 0.717) is 0 Å². The summed E-state index contributed by atoms with van der Waals surface area (Å²) in [4.78, 5) is 10.5. The Bertz CT molecular complexity index is 296. The van der Waals surface area contributed by atoms with E-state index < -0.39 is 0 Å². The number of benzene rings is 1. The van der Waals surface area contributed by atoms with Crippen LogP contribution in [0.5, 0.6) is 0 Å². The minimum Gasteiger partial charge on any atom is -0.303 e. The highest BCUT2D eigenvalue weighted by Crippen LogP contribution is 2.20. The number of hydrogen-bond donors (Lipinski definition) is 1. The fourth-order valence-electron chi connectivity index (χ4n) is 1.61. The van der Waals surface area contributed by atoms with Crippen molar-refractivity contribution in [3.05, 3.63) is 35.4 Å². The lowest BCUT2D eigenvalue weighted by Crippen LogP contribution is -2.30. The van der Waals surface area contributed by atoms with Gasteiger partial charge in [-0.1, -0.05) is 24.3 Å². The molecule has 2 nitrogen and oxygen atoms in total. The normalized spacial score (nSPS) is 21.5. The minimum atomic E-state index is -0.213. The Labute approximate surface area is 71.6 Å². The molecule has 2 rings (SSSR count). The molecule has 0 aromatic heterocycles. The van der Waals surface area contributed by atoms with Crippen molar-refractivity contribution in [2.24, 2.45) is 0 Å². The van der Waals surface area contributed by atoms with E-state index in [0.717, 1.165) is 18.5 Å². The number of nitrogens with one attached hydrogen (secondary N) is 1. The molecule has 1 heterocycles. The fraction of sp³-hybridized carbons (Fsp3) is 0.300. The quantitative estimate of drug-likeness (QED) is 0.663. The molecule has 0 aliphatic carbocycles. The molecule has 1 N–H and O–H groups in total. The van der Waals surface area contributed by atoms with Crippen molar-refractivity contribution in [1.82, 2.24) is 5.32 Å². The van der Waals surface area contributed by atoms with Crippen molar-refractivity contribution in [3.8, 4) is 0 Å². The maximum absolute atomic E-state index is 10.5. The maximum Gasteiger partial charge on any atom is 0.221 e. The first-order valence-electron chi connectivity index (χ1n) is 4.10. The standard InChI is InChI=1S/C10H10NO/c12-7-10-9-4-2-1-3-8(9)5-6-11-10/h1-4,10-11H,5-6H2. The van der Waals surface area contributed by atoms with Crippen molar-refractivity contribution >= 4 is 6.29 Å². The topological polar surface area (TPSA) is 29.1 Å². The summed E-state index contributed by atoms with van der Waals surface area (Å²) in [7, 11) is 0. The molecule has 61 valence electrons. The van der Waals surface area contributed by atoms with Gasteiger partial charge < -0.3 is 5.32 Å². The molecule has 0 fully saturated rings. The molecule has 1 unspecified atom stereocenters. The molecule has 1 aromatic rings. The molecule has 1 aliphatic rings. The zero-order valence-electron chi connectivity index (χ0n) is 6.71. The van der Waals surface area contributed by atoms with Crippen LogP contribution < -0.4 is 5.32 Å². The highest BCUT2D eigenvalue weighted by Gasteiger charge is 2.18. The third-order valence-electron chi connectivity index (χ3n) is 2.23. The summed E-state index contributed by atoms with van der Waals surface area (Å²) >= 11 is 0. The van der Waals surface area contributed by atoms with Gasteiger partial charge in [0.15, 0.2) is 0 Å². The van der Waals surface area contributed by atoms with E-state index in [1.165, 1.54) is 5.56 Å². The van der Waals surface area contributed by atoms with Gasteiger partial charge in [0.25, 0.3) is 0 Å². The average Bonchev–Trinajstić information content (AvgIpc) is 2.17. The van der Waals surface area contributed by atoms with E-state index in [-0.39, 0.29) is 6.04 Å². The largest absolute Gasteiger partial charge is 0.303 e. The monoisotopic (exact) mass is 160 g/mol. The van der Waals surface area contributed by atoms with Gasteiger partial charge in [-0.15, -0.1) is 0 Å². The summed E-state index contributed by atoms with van der Waals surface area (Å²) in [5.41, 5.74) is 2.35. The third kappa shape index (κ3) is 1.14. The lowest BCUT2D eigenvalue weighted by Gasteiger charge is -2.21. The van der Waals surface area contributed by atoms with Crippen LogP contribution in [0.2, 0.25) is 0 Å². The summed E-state index contributed by atoms with van der Waals surface area (Å²) in [6, 6.07) is 7.80. The van der Waals surface area contributed by atoms with E-state index in [4.69, 9.17) is 0 Å². The zero-order chi connectivity index (χ0) is 8.39. The smallest absolute Gasteiger partial charge is 0.221 e. The van der Waals surface area contributed by atoms with Crippen molar-refractivity contribution in [1.29, 1.82) is 0 Å². The molecule has 0 bridgehead atoms. The van der Waals surface area contributed by atoms with Gasteiger partial charge in [0.2, 0.25) is 6.29 Å². The van der Waals surface area contributed by atoms with Gasteiger partial charge in [-0.2, -0.15) is 0 Å². The second kappa shape index (κ2) is 3.07.